The maximum atomic E-state index is 13.1. The maximum absolute atomic E-state index is 13.1. The molecule has 5 aromatic heterocycles. The van der Waals surface area contributed by atoms with Crippen molar-refractivity contribution in [2.75, 3.05) is 5.32 Å². The highest BCUT2D eigenvalue weighted by Crippen LogP contribution is 2.34. The van der Waals surface area contributed by atoms with E-state index in [4.69, 9.17) is 8.83 Å². The van der Waals surface area contributed by atoms with Crippen molar-refractivity contribution in [2.24, 2.45) is 0 Å². The third-order valence-electron chi connectivity index (χ3n) is 5.07. The van der Waals surface area contributed by atoms with Gasteiger partial charge in [0.1, 0.15) is 16.3 Å². The quantitative estimate of drug-likeness (QED) is 0.334. The second-order valence-electron chi connectivity index (χ2n) is 7.51. The molecule has 0 saturated carbocycles. The lowest BCUT2D eigenvalue weighted by molar-refractivity contribution is -0.119. The van der Waals surface area contributed by atoms with Gasteiger partial charge in [0.05, 0.1) is 23.4 Å². The molecule has 34 heavy (non-hydrogen) atoms. The Morgan fingerprint density at radius 1 is 1.09 bits per heavy atom. The molecule has 9 nitrogen and oxygen atoms in total. The summed E-state index contributed by atoms with van der Waals surface area (Å²) in [6.07, 6.45) is 1.58. The number of hydrogen-bond acceptors (Lipinski definition) is 9. The molecule has 0 bridgehead atoms. The summed E-state index contributed by atoms with van der Waals surface area (Å²) in [5, 5.41) is 8.69. The summed E-state index contributed by atoms with van der Waals surface area (Å²) in [6.45, 7) is 5.54. The van der Waals surface area contributed by atoms with Crippen molar-refractivity contribution in [3.63, 3.8) is 0 Å². The zero-order valence-corrected chi connectivity index (χ0v) is 20.1. The fourth-order valence-corrected chi connectivity index (χ4v) is 5.31. The first kappa shape index (κ1) is 22.0. The molecule has 5 rings (SSSR count). The first-order chi connectivity index (χ1) is 16.4. The lowest BCUT2D eigenvalue weighted by Crippen LogP contribution is -2.18. The van der Waals surface area contributed by atoms with E-state index in [9.17, 15) is 9.59 Å². The second kappa shape index (κ2) is 8.84. The Hall–Kier alpha value is -3.83. The summed E-state index contributed by atoms with van der Waals surface area (Å²) in [4.78, 5) is 39.0. The van der Waals surface area contributed by atoms with E-state index in [1.807, 2.05) is 13.8 Å². The van der Waals surface area contributed by atoms with Crippen LogP contribution in [0.25, 0.3) is 33.3 Å². The van der Waals surface area contributed by atoms with Crippen LogP contribution in [0, 0.1) is 13.8 Å². The van der Waals surface area contributed by atoms with E-state index in [-0.39, 0.29) is 11.8 Å². The molecular weight excluding hydrogens is 474 g/mol. The molecular formula is C23H19N5O4S2. The minimum atomic E-state index is -0.258. The van der Waals surface area contributed by atoms with Crippen LogP contribution < -0.4 is 10.6 Å². The third kappa shape index (κ3) is 4.22. The molecule has 0 aliphatic rings. The van der Waals surface area contributed by atoms with Gasteiger partial charge >= 0.3 is 0 Å². The molecule has 5 heterocycles. The largest absolute Gasteiger partial charge is 0.461 e. The molecule has 0 unspecified atom stereocenters. The van der Waals surface area contributed by atoms with Crippen LogP contribution >= 0.6 is 22.7 Å². The number of thiophene rings is 1. The van der Waals surface area contributed by atoms with Gasteiger partial charge in [-0.05, 0) is 43.7 Å². The van der Waals surface area contributed by atoms with Crippen LogP contribution in [0.3, 0.4) is 0 Å². The molecule has 5 aromatic rings. The molecule has 0 spiro atoms. The molecule has 172 valence electrons. The summed E-state index contributed by atoms with van der Waals surface area (Å²) in [7, 11) is 0. The van der Waals surface area contributed by atoms with Crippen molar-refractivity contribution in [3.05, 3.63) is 57.8 Å². The number of amides is 2. The molecule has 0 aliphatic carbocycles. The third-order valence-corrected chi connectivity index (χ3v) is 7.01. The van der Waals surface area contributed by atoms with Crippen molar-refractivity contribution >= 4 is 49.8 Å². The van der Waals surface area contributed by atoms with Crippen molar-refractivity contribution in [1.82, 2.24) is 20.3 Å². The number of aryl methyl sites for hydroxylation is 2. The van der Waals surface area contributed by atoms with E-state index in [1.165, 1.54) is 29.6 Å². The first-order valence-corrected chi connectivity index (χ1v) is 12.0. The van der Waals surface area contributed by atoms with Crippen LogP contribution in [0.4, 0.5) is 5.13 Å². The number of thiazole rings is 1. The van der Waals surface area contributed by atoms with Gasteiger partial charge in [-0.15, -0.1) is 22.7 Å². The van der Waals surface area contributed by atoms with Crippen molar-refractivity contribution in [3.8, 4) is 23.0 Å². The highest BCUT2D eigenvalue weighted by atomic mass is 32.1. The van der Waals surface area contributed by atoms with Crippen molar-refractivity contribution in [1.29, 1.82) is 0 Å². The number of carbonyl (C=O) groups is 2. The molecule has 0 aliphatic heterocycles. The van der Waals surface area contributed by atoms with E-state index in [2.05, 4.69) is 25.6 Å². The van der Waals surface area contributed by atoms with Gasteiger partial charge in [0.2, 0.25) is 5.91 Å². The molecule has 0 saturated heterocycles. The maximum Gasteiger partial charge on any atom is 0.267 e. The number of aromatic nitrogens is 3. The number of furan rings is 2. The Morgan fingerprint density at radius 3 is 2.71 bits per heavy atom. The lowest BCUT2D eigenvalue weighted by atomic mass is 10.1. The van der Waals surface area contributed by atoms with Crippen LogP contribution in [0.15, 0.2) is 44.7 Å². The fraction of sp³-hybridized carbons (Fsp3) is 0.174. The standard InChI is InChI=1S/C23H19N5O4S2/c1-11-18-12(2)25-20(17-5-4-8-31-17)27-22(18)34-19(11)21(30)28-23-26-15(10-33-23)16-7-6-14(32-16)9-24-13(3)29/h4-8,10H,9H2,1-3H3,(H,24,29)(H,26,28,30). The minimum Gasteiger partial charge on any atom is -0.461 e. The van der Waals surface area contributed by atoms with Gasteiger partial charge in [0.25, 0.3) is 5.91 Å². The zero-order valence-electron chi connectivity index (χ0n) is 18.5. The predicted molar refractivity (Wildman–Crippen MR) is 130 cm³/mol. The summed E-state index contributed by atoms with van der Waals surface area (Å²) in [5.41, 5.74) is 2.22. The highest BCUT2D eigenvalue weighted by Gasteiger charge is 2.21. The Labute approximate surface area is 201 Å². The normalized spacial score (nSPS) is 11.1. The number of nitrogens with zero attached hydrogens (tertiary/aromatic N) is 3. The van der Waals surface area contributed by atoms with Gasteiger partial charge in [-0.25, -0.2) is 15.0 Å². The second-order valence-corrected chi connectivity index (χ2v) is 9.37. The minimum absolute atomic E-state index is 0.133. The summed E-state index contributed by atoms with van der Waals surface area (Å²) in [6, 6.07) is 7.15. The number of carbonyl (C=O) groups excluding carboxylic acids is 2. The number of nitrogens with one attached hydrogen (secondary N) is 2. The number of rotatable bonds is 6. The molecule has 11 heteroatoms. The number of fused-ring (bicyclic) bond motifs is 1. The van der Waals surface area contributed by atoms with Gasteiger partial charge in [-0.2, -0.15) is 0 Å². The summed E-state index contributed by atoms with van der Waals surface area (Å²) < 4.78 is 11.2. The SMILES string of the molecule is CC(=O)NCc1ccc(-c2csc(NC(=O)c3sc4nc(-c5ccco5)nc(C)c4c3C)n2)o1. The van der Waals surface area contributed by atoms with Gasteiger partial charge in [0.15, 0.2) is 22.5 Å². The zero-order chi connectivity index (χ0) is 23.8. The Morgan fingerprint density at radius 2 is 1.94 bits per heavy atom. The van der Waals surface area contributed by atoms with Gasteiger partial charge in [0, 0.05) is 17.7 Å². The highest BCUT2D eigenvalue weighted by molar-refractivity contribution is 7.21. The average molecular weight is 494 g/mol. The average Bonchev–Trinajstić information content (AvgIpc) is 3.59. The number of hydrogen-bond donors (Lipinski definition) is 2. The van der Waals surface area contributed by atoms with Crippen LogP contribution in [0.2, 0.25) is 0 Å². The van der Waals surface area contributed by atoms with Crippen LogP contribution in [0.5, 0.6) is 0 Å². The van der Waals surface area contributed by atoms with Crippen LogP contribution in [-0.4, -0.2) is 26.8 Å². The monoisotopic (exact) mass is 493 g/mol. The van der Waals surface area contributed by atoms with Crippen molar-refractivity contribution in [2.45, 2.75) is 27.3 Å². The van der Waals surface area contributed by atoms with E-state index in [0.29, 0.717) is 45.4 Å². The molecule has 0 fully saturated rings. The van der Waals surface area contributed by atoms with E-state index in [0.717, 1.165) is 21.5 Å². The van der Waals surface area contributed by atoms with Gasteiger partial charge < -0.3 is 14.2 Å². The van der Waals surface area contributed by atoms with Crippen LogP contribution in [0.1, 0.15) is 33.6 Å². The molecule has 0 aromatic carbocycles. The lowest BCUT2D eigenvalue weighted by Gasteiger charge is -2.02. The van der Waals surface area contributed by atoms with E-state index >= 15 is 0 Å². The summed E-state index contributed by atoms with van der Waals surface area (Å²) in [5.74, 6) is 1.86. The molecule has 2 amide bonds. The molecule has 0 radical (unpaired) electrons. The fourth-order valence-electron chi connectivity index (χ4n) is 3.49. The van der Waals surface area contributed by atoms with E-state index in [1.54, 1.807) is 35.9 Å². The van der Waals surface area contributed by atoms with Crippen molar-refractivity contribution < 1.29 is 18.4 Å². The Bertz CT molecular complexity index is 1510. The molecule has 0 atom stereocenters. The first-order valence-electron chi connectivity index (χ1n) is 10.3. The predicted octanol–water partition coefficient (Wildman–Crippen LogP) is 5.17. The van der Waals surface area contributed by atoms with Crippen LogP contribution in [-0.2, 0) is 11.3 Å². The Kier molecular flexibility index (Phi) is 5.72. The smallest absolute Gasteiger partial charge is 0.267 e. The van der Waals surface area contributed by atoms with Gasteiger partial charge in [-0.3, -0.25) is 14.9 Å². The number of anilines is 1. The van der Waals surface area contributed by atoms with E-state index < -0.39 is 0 Å². The Balaban J connectivity index is 1.36. The van der Waals surface area contributed by atoms with Gasteiger partial charge in [-0.1, -0.05) is 0 Å². The topological polar surface area (TPSA) is 123 Å². The summed E-state index contributed by atoms with van der Waals surface area (Å²) >= 11 is 2.61. The molecule has 2 N–H and O–H groups in total.